The molecule has 4 nitrogen and oxygen atoms in total. The molecule has 1 unspecified atom stereocenters. The molecule has 0 bridgehead atoms. The Kier molecular flexibility index (Phi) is 5.26. The Morgan fingerprint density at radius 1 is 1.35 bits per heavy atom. The van der Waals surface area contributed by atoms with Crippen LogP contribution in [0.25, 0.3) is 0 Å². The first-order valence-corrected chi connectivity index (χ1v) is 7.55. The number of hydrogen-bond donors (Lipinski definition) is 2. The standard InChI is InChI=1S/C15H23ClN4/c1-2-13(11-15(17)18)19-6-8-20(9-7-19)14-5-3-4-12(16)10-14/h3-5,10,13H,2,6-9,11H2,1H3,(H3,17,18). The van der Waals surface area contributed by atoms with Gasteiger partial charge in [-0.2, -0.15) is 0 Å². The van der Waals surface area contributed by atoms with E-state index >= 15 is 0 Å². The summed E-state index contributed by atoms with van der Waals surface area (Å²) >= 11 is 6.05. The molecule has 0 saturated carbocycles. The molecule has 110 valence electrons. The van der Waals surface area contributed by atoms with Crippen molar-refractivity contribution in [3.05, 3.63) is 29.3 Å². The molecule has 0 aliphatic carbocycles. The second-order valence-electron chi connectivity index (χ2n) is 5.29. The zero-order chi connectivity index (χ0) is 14.5. The Morgan fingerprint density at radius 2 is 2.05 bits per heavy atom. The third-order valence-corrected chi connectivity index (χ3v) is 4.17. The Bertz CT molecular complexity index is 455. The molecule has 1 saturated heterocycles. The zero-order valence-electron chi connectivity index (χ0n) is 12.0. The number of rotatable bonds is 5. The van der Waals surface area contributed by atoms with Crippen molar-refractivity contribution in [2.75, 3.05) is 31.1 Å². The monoisotopic (exact) mass is 294 g/mol. The first kappa shape index (κ1) is 15.1. The van der Waals surface area contributed by atoms with Gasteiger partial charge in [0.15, 0.2) is 0 Å². The Balaban J connectivity index is 1.93. The maximum Gasteiger partial charge on any atom is 0.0921 e. The maximum atomic E-state index is 7.47. The minimum Gasteiger partial charge on any atom is -0.388 e. The van der Waals surface area contributed by atoms with Crippen molar-refractivity contribution in [3.63, 3.8) is 0 Å². The molecule has 3 N–H and O–H groups in total. The van der Waals surface area contributed by atoms with Gasteiger partial charge in [-0.1, -0.05) is 24.6 Å². The minimum atomic E-state index is 0.286. The van der Waals surface area contributed by atoms with Gasteiger partial charge < -0.3 is 10.6 Å². The highest BCUT2D eigenvalue weighted by molar-refractivity contribution is 6.30. The second-order valence-corrected chi connectivity index (χ2v) is 5.73. The Morgan fingerprint density at radius 3 is 2.60 bits per heavy atom. The molecule has 0 amide bonds. The fraction of sp³-hybridized carbons (Fsp3) is 0.533. The lowest BCUT2D eigenvalue weighted by Gasteiger charge is -2.40. The fourth-order valence-corrected chi connectivity index (χ4v) is 2.99. The Labute approximate surface area is 126 Å². The van der Waals surface area contributed by atoms with E-state index in [1.165, 1.54) is 5.69 Å². The quantitative estimate of drug-likeness (QED) is 0.648. The lowest BCUT2D eigenvalue weighted by atomic mass is 10.1. The highest BCUT2D eigenvalue weighted by Gasteiger charge is 2.23. The molecular weight excluding hydrogens is 272 g/mol. The van der Waals surface area contributed by atoms with Crippen molar-refractivity contribution < 1.29 is 0 Å². The SMILES string of the molecule is CCC(CC(=N)N)N1CCN(c2cccc(Cl)c2)CC1. The predicted octanol–water partition coefficient (Wildman–Crippen LogP) is 2.57. The van der Waals surface area contributed by atoms with Gasteiger partial charge in [-0.15, -0.1) is 0 Å². The van der Waals surface area contributed by atoms with Crippen LogP contribution in [-0.2, 0) is 0 Å². The van der Waals surface area contributed by atoms with Crippen molar-refractivity contribution in [2.24, 2.45) is 5.73 Å². The fourth-order valence-electron chi connectivity index (χ4n) is 2.80. The van der Waals surface area contributed by atoms with Crippen LogP contribution in [0.2, 0.25) is 5.02 Å². The van der Waals surface area contributed by atoms with E-state index in [1.807, 2.05) is 18.2 Å². The predicted molar refractivity (Wildman–Crippen MR) is 85.8 cm³/mol. The second kappa shape index (κ2) is 6.95. The topological polar surface area (TPSA) is 56.4 Å². The zero-order valence-corrected chi connectivity index (χ0v) is 12.7. The van der Waals surface area contributed by atoms with E-state index in [0.717, 1.165) is 37.6 Å². The van der Waals surface area contributed by atoms with Crippen molar-refractivity contribution in [2.45, 2.75) is 25.8 Å². The molecule has 2 rings (SSSR count). The van der Waals surface area contributed by atoms with Crippen molar-refractivity contribution >= 4 is 23.1 Å². The number of nitrogens with zero attached hydrogens (tertiary/aromatic N) is 2. The number of amidine groups is 1. The summed E-state index contributed by atoms with van der Waals surface area (Å²) in [5, 5.41) is 8.26. The number of nitrogens with two attached hydrogens (primary N) is 1. The largest absolute Gasteiger partial charge is 0.388 e. The van der Waals surface area contributed by atoms with E-state index in [-0.39, 0.29) is 5.84 Å². The van der Waals surface area contributed by atoms with Crippen molar-refractivity contribution in [1.29, 1.82) is 5.41 Å². The van der Waals surface area contributed by atoms with Crippen LogP contribution in [-0.4, -0.2) is 43.0 Å². The normalized spacial score (nSPS) is 18.0. The Hall–Kier alpha value is -1.26. The van der Waals surface area contributed by atoms with Gasteiger partial charge >= 0.3 is 0 Å². The highest BCUT2D eigenvalue weighted by atomic mass is 35.5. The third-order valence-electron chi connectivity index (χ3n) is 3.93. The number of hydrogen-bond acceptors (Lipinski definition) is 3. The summed E-state index contributed by atoms with van der Waals surface area (Å²) in [6.07, 6.45) is 1.71. The van der Waals surface area contributed by atoms with E-state index in [9.17, 15) is 0 Å². The summed E-state index contributed by atoms with van der Waals surface area (Å²) in [7, 11) is 0. The van der Waals surface area contributed by atoms with Crippen LogP contribution in [0.3, 0.4) is 0 Å². The average molecular weight is 295 g/mol. The molecule has 0 aromatic heterocycles. The van der Waals surface area contributed by atoms with Crippen LogP contribution in [0.15, 0.2) is 24.3 Å². The molecule has 0 spiro atoms. The molecule has 1 heterocycles. The molecule has 1 aromatic rings. The van der Waals surface area contributed by atoms with Crippen LogP contribution < -0.4 is 10.6 Å². The molecule has 5 heteroatoms. The molecule has 0 radical (unpaired) electrons. The number of anilines is 1. The summed E-state index contributed by atoms with van der Waals surface area (Å²) in [6.45, 7) is 6.18. The molecule has 1 fully saturated rings. The molecule has 20 heavy (non-hydrogen) atoms. The molecule has 1 aliphatic rings. The summed E-state index contributed by atoms with van der Waals surface area (Å²) in [4.78, 5) is 4.81. The van der Waals surface area contributed by atoms with E-state index in [0.29, 0.717) is 12.5 Å². The van der Waals surface area contributed by atoms with Gasteiger partial charge in [-0.25, -0.2) is 0 Å². The summed E-state index contributed by atoms with van der Waals surface area (Å²) in [5.74, 6) is 0.286. The van der Waals surface area contributed by atoms with Crippen molar-refractivity contribution in [3.8, 4) is 0 Å². The van der Waals surface area contributed by atoms with Gasteiger partial charge in [0.1, 0.15) is 0 Å². The average Bonchev–Trinajstić information content (AvgIpc) is 2.45. The number of halogens is 1. The van der Waals surface area contributed by atoms with E-state index in [1.54, 1.807) is 0 Å². The summed E-state index contributed by atoms with van der Waals surface area (Å²) in [5.41, 5.74) is 6.73. The van der Waals surface area contributed by atoms with E-state index < -0.39 is 0 Å². The number of benzene rings is 1. The molecule has 1 atom stereocenters. The summed E-state index contributed by atoms with van der Waals surface area (Å²) < 4.78 is 0. The highest BCUT2D eigenvalue weighted by Crippen LogP contribution is 2.22. The molecule has 1 aliphatic heterocycles. The van der Waals surface area contributed by atoms with Gasteiger partial charge in [-0.3, -0.25) is 10.3 Å². The lowest BCUT2D eigenvalue weighted by molar-refractivity contribution is 0.184. The van der Waals surface area contributed by atoms with Gasteiger partial charge in [-0.05, 0) is 24.6 Å². The van der Waals surface area contributed by atoms with Crippen LogP contribution in [0.4, 0.5) is 5.69 Å². The smallest absolute Gasteiger partial charge is 0.0921 e. The lowest BCUT2D eigenvalue weighted by Crippen LogP contribution is -2.51. The first-order chi connectivity index (χ1) is 9.60. The molecular formula is C15H23ClN4. The molecule has 1 aromatic carbocycles. The number of nitrogens with one attached hydrogen (secondary N) is 1. The van der Waals surface area contributed by atoms with Crippen LogP contribution in [0.1, 0.15) is 19.8 Å². The maximum absolute atomic E-state index is 7.47. The van der Waals surface area contributed by atoms with Gasteiger partial charge in [0.2, 0.25) is 0 Å². The van der Waals surface area contributed by atoms with Crippen LogP contribution in [0, 0.1) is 5.41 Å². The van der Waals surface area contributed by atoms with Crippen molar-refractivity contribution in [1.82, 2.24) is 4.90 Å². The van der Waals surface area contributed by atoms with Gasteiger partial charge in [0, 0.05) is 49.4 Å². The van der Waals surface area contributed by atoms with Gasteiger partial charge in [0.05, 0.1) is 5.84 Å². The van der Waals surface area contributed by atoms with E-state index in [2.05, 4.69) is 22.8 Å². The number of piperazine rings is 1. The third kappa shape index (κ3) is 3.87. The summed E-state index contributed by atoms with van der Waals surface area (Å²) in [6, 6.07) is 8.42. The van der Waals surface area contributed by atoms with Crippen LogP contribution >= 0.6 is 11.6 Å². The van der Waals surface area contributed by atoms with E-state index in [4.69, 9.17) is 22.7 Å². The first-order valence-electron chi connectivity index (χ1n) is 7.17. The minimum absolute atomic E-state index is 0.286. The van der Waals surface area contributed by atoms with Gasteiger partial charge in [0.25, 0.3) is 0 Å². The van der Waals surface area contributed by atoms with Crippen LogP contribution in [0.5, 0.6) is 0 Å².